The number of nitrogens with zero attached hydrogens (tertiary/aromatic N) is 5. The fourth-order valence-electron chi connectivity index (χ4n) is 9.61. The van der Waals surface area contributed by atoms with E-state index >= 15 is 0 Å². The number of nitrogens with two attached hydrogens (primary N) is 2. The van der Waals surface area contributed by atoms with Gasteiger partial charge in [0.25, 0.3) is 0 Å². The van der Waals surface area contributed by atoms with Gasteiger partial charge in [-0.05, 0) is 113 Å². The zero-order valence-corrected chi connectivity index (χ0v) is 45.6. The number of hydrogen-bond acceptors (Lipinski definition) is 15. The number of ether oxygens (including phenoxy) is 1. The van der Waals surface area contributed by atoms with Gasteiger partial charge in [0.2, 0.25) is 11.8 Å². The summed E-state index contributed by atoms with van der Waals surface area (Å²) >= 11 is 2.69. The molecule has 5 atom stereocenters. The summed E-state index contributed by atoms with van der Waals surface area (Å²) in [5.41, 5.74) is 17.9. The molecule has 21 heteroatoms. The number of hydrogen-bond donors (Lipinski definition) is 7. The van der Waals surface area contributed by atoms with Crippen molar-refractivity contribution in [2.24, 2.45) is 33.3 Å². The third kappa shape index (κ3) is 16.4. The number of carbonyl (C=O) groups excluding carboxylic acids is 5. The molecule has 1 aliphatic heterocycles. The number of aliphatic imine (C=N–C) groups is 2. The van der Waals surface area contributed by atoms with E-state index in [2.05, 4.69) is 53.0 Å². The number of carboxylic acids is 1. The maximum absolute atomic E-state index is 14.7. The molecule has 77 heavy (non-hydrogen) atoms. The summed E-state index contributed by atoms with van der Waals surface area (Å²) < 4.78 is 6.65. The highest BCUT2D eigenvalue weighted by molar-refractivity contribution is 8.15. The van der Waals surface area contributed by atoms with Gasteiger partial charge in [-0.15, -0.1) is 23.1 Å². The van der Waals surface area contributed by atoms with Gasteiger partial charge < -0.3 is 47.1 Å². The number of thioether (sulfide) groups is 1. The molecule has 3 heterocycles. The summed E-state index contributed by atoms with van der Waals surface area (Å²) in [6.45, 7) is 3.43. The van der Waals surface area contributed by atoms with E-state index in [9.17, 15) is 33.9 Å². The zero-order valence-electron chi connectivity index (χ0n) is 44.0. The van der Waals surface area contributed by atoms with E-state index in [1.54, 1.807) is 24.4 Å². The van der Waals surface area contributed by atoms with Crippen LogP contribution in [-0.2, 0) is 35.1 Å². The lowest BCUT2D eigenvalue weighted by Gasteiger charge is -2.25. The van der Waals surface area contributed by atoms with Crippen molar-refractivity contribution in [3.8, 4) is 11.1 Å². The molecule has 410 valence electrons. The van der Waals surface area contributed by atoms with Crippen molar-refractivity contribution in [1.29, 1.82) is 0 Å². The third-order valence-electron chi connectivity index (χ3n) is 13.8. The fourth-order valence-corrected chi connectivity index (χ4v) is 11.7. The van der Waals surface area contributed by atoms with Crippen LogP contribution in [0, 0.1) is 11.8 Å². The number of amides is 3. The summed E-state index contributed by atoms with van der Waals surface area (Å²) in [7, 11) is 3.92. The lowest BCUT2D eigenvalue weighted by atomic mass is 9.89. The number of nitrogens with one attached hydrogen (secondary N) is 4. The number of benzene rings is 3. The van der Waals surface area contributed by atoms with Crippen LogP contribution in [0.15, 0.2) is 89.2 Å². The zero-order chi connectivity index (χ0) is 54.8. The minimum atomic E-state index is -1.04. The van der Waals surface area contributed by atoms with E-state index < -0.39 is 53.7 Å². The van der Waals surface area contributed by atoms with Crippen molar-refractivity contribution < 1.29 is 38.6 Å². The Hall–Kier alpha value is -6.81. The maximum Gasteiger partial charge on any atom is 0.407 e. The van der Waals surface area contributed by atoms with Crippen LogP contribution in [0.25, 0.3) is 21.3 Å². The number of Topliss-reactive ketones (excluding diaryl/α,β-unsaturated/α-hetero) is 2. The Balaban J connectivity index is 1.06. The number of unbranched alkanes of at least 4 members (excludes halogenated alkanes) is 2. The van der Waals surface area contributed by atoms with Gasteiger partial charge in [0, 0.05) is 67.4 Å². The summed E-state index contributed by atoms with van der Waals surface area (Å²) in [4.78, 5) is 106. The van der Waals surface area contributed by atoms with Gasteiger partial charge in [-0.25, -0.2) is 19.6 Å². The lowest BCUT2D eigenvalue weighted by Crippen LogP contribution is -2.47. The van der Waals surface area contributed by atoms with Crippen LogP contribution in [0.4, 0.5) is 10.5 Å². The normalized spacial score (nSPS) is 15.8. The molecular weight excluding hydrogens is 1020 g/mol. The second kappa shape index (κ2) is 28.5. The molecule has 7 rings (SSSR count). The Labute approximate surface area is 457 Å². The first kappa shape index (κ1) is 57.9. The van der Waals surface area contributed by atoms with Crippen LogP contribution in [0.1, 0.15) is 105 Å². The van der Waals surface area contributed by atoms with Crippen molar-refractivity contribution in [3.63, 3.8) is 0 Å². The summed E-state index contributed by atoms with van der Waals surface area (Å²) in [6.07, 6.45) is 6.35. The second-order valence-electron chi connectivity index (χ2n) is 19.8. The van der Waals surface area contributed by atoms with Crippen LogP contribution in [0.5, 0.6) is 0 Å². The van der Waals surface area contributed by atoms with Crippen LogP contribution in [0.3, 0.4) is 0 Å². The van der Waals surface area contributed by atoms with Gasteiger partial charge in [0.1, 0.15) is 16.7 Å². The van der Waals surface area contributed by atoms with E-state index in [1.807, 2.05) is 62.3 Å². The standard InChI is InChI=1S/C56H71N11O8S2/c1-4-50(58)60-24-13-20-44(66-56(74)75-31-42-40-17-7-5-15-38(40)39-16-6-8-18-41(39)42)48(69)28-35(26-37-30-59-33-61-37)52(71)63-43(19-10-12-25-67(2)3)47(68)27-34(14-9-11-23-57)51(70)62-36-21-22-45-49(29-36)77-54(64-45)53-65-46(32-76-53)55(72)73/h5-8,15-18,21-22,29-30,33-35,42-44,46H,4,9-14,19-20,23-28,31-32,57H2,1-3H3,(H2,58,60)(H,59,61)(H,62,70)(H,63,71)(H,66,74)(H,72,73)/t34-,35-,43+,44+,46-/m1/s1. The highest BCUT2D eigenvalue weighted by atomic mass is 32.2. The Morgan fingerprint density at radius 1 is 0.870 bits per heavy atom. The number of thiazole rings is 1. The molecule has 2 aromatic heterocycles. The molecule has 0 saturated carbocycles. The number of aliphatic carboxylic acids is 1. The number of aromatic nitrogens is 3. The van der Waals surface area contributed by atoms with Gasteiger partial charge in [-0.3, -0.25) is 29.2 Å². The molecule has 5 aromatic rings. The Morgan fingerprint density at radius 2 is 1.56 bits per heavy atom. The SMILES string of the molecule is CCC(N)=NCCC[C@H](NC(=O)OCC1c2ccccc2-c2ccccc21)C(=O)C[C@@H](Cc1cnc[nH]1)C(=O)N[C@@H](CCCCN(C)C)C(=O)C[C@@H](CCCCN)C(=O)Nc1ccc2nc(C3=N[C@@H](C(=O)O)CS3)sc2c1. The molecule has 0 spiro atoms. The predicted octanol–water partition coefficient (Wildman–Crippen LogP) is 7.10. The molecule has 9 N–H and O–H groups in total. The third-order valence-corrected chi connectivity index (χ3v) is 16.1. The van der Waals surface area contributed by atoms with E-state index in [-0.39, 0.29) is 49.9 Å². The number of alkyl carbamates (subject to hydrolysis) is 1. The van der Waals surface area contributed by atoms with Gasteiger partial charge in [0.15, 0.2) is 17.6 Å². The topological polar surface area (TPSA) is 290 Å². The summed E-state index contributed by atoms with van der Waals surface area (Å²) in [6, 6.07) is 18.5. The van der Waals surface area contributed by atoms with E-state index in [1.165, 1.54) is 29.4 Å². The summed E-state index contributed by atoms with van der Waals surface area (Å²) in [5.74, 6) is -3.74. The van der Waals surface area contributed by atoms with Crippen LogP contribution in [-0.4, -0.2) is 135 Å². The van der Waals surface area contributed by atoms with Gasteiger partial charge in [-0.2, -0.15) is 0 Å². The molecule has 0 fully saturated rings. The number of ketones is 2. The fraction of sp³-hybridized carbons (Fsp3) is 0.464. The Bertz CT molecular complexity index is 2860. The smallest absolute Gasteiger partial charge is 0.407 e. The van der Waals surface area contributed by atoms with E-state index in [0.717, 1.165) is 39.9 Å². The molecule has 3 aromatic carbocycles. The maximum atomic E-state index is 14.7. The first-order valence-electron chi connectivity index (χ1n) is 26.4. The average molecular weight is 1090 g/mol. The van der Waals surface area contributed by atoms with Crippen molar-refractivity contribution in [1.82, 2.24) is 30.5 Å². The number of H-pyrrole nitrogens is 1. The molecule has 0 radical (unpaired) electrons. The molecule has 2 aliphatic rings. The number of amidine groups is 1. The molecule has 1 aliphatic carbocycles. The van der Waals surface area contributed by atoms with Gasteiger partial charge in [0.05, 0.1) is 40.4 Å². The van der Waals surface area contributed by atoms with Crippen molar-refractivity contribution in [2.45, 2.75) is 108 Å². The molecule has 19 nitrogen and oxygen atoms in total. The quantitative estimate of drug-likeness (QED) is 0.0132. The highest BCUT2D eigenvalue weighted by Crippen LogP contribution is 2.44. The molecular formula is C56H71N11O8S2. The molecule has 0 unspecified atom stereocenters. The highest BCUT2D eigenvalue weighted by Gasteiger charge is 2.34. The summed E-state index contributed by atoms with van der Waals surface area (Å²) in [5, 5.41) is 19.4. The molecule has 3 amide bonds. The van der Waals surface area contributed by atoms with Crippen LogP contribution < -0.4 is 27.4 Å². The van der Waals surface area contributed by atoms with Crippen LogP contribution >= 0.6 is 23.1 Å². The predicted molar refractivity (Wildman–Crippen MR) is 302 cm³/mol. The first-order chi connectivity index (χ1) is 37.2. The Morgan fingerprint density at radius 3 is 2.22 bits per heavy atom. The first-order valence-corrected chi connectivity index (χ1v) is 28.2. The number of anilines is 1. The minimum Gasteiger partial charge on any atom is -0.480 e. The van der Waals surface area contributed by atoms with Crippen molar-refractivity contribution >= 4 is 85.3 Å². The van der Waals surface area contributed by atoms with Gasteiger partial charge >= 0.3 is 12.1 Å². The lowest BCUT2D eigenvalue weighted by molar-refractivity contribution is -0.137. The largest absolute Gasteiger partial charge is 0.480 e. The molecule has 0 saturated heterocycles. The molecule has 0 bridgehead atoms. The van der Waals surface area contributed by atoms with E-state index in [0.29, 0.717) is 96.6 Å². The van der Waals surface area contributed by atoms with Crippen molar-refractivity contribution in [2.75, 3.05) is 51.4 Å². The Kier molecular flexibility index (Phi) is 21.4. The van der Waals surface area contributed by atoms with Crippen LogP contribution in [0.2, 0.25) is 0 Å². The number of carboxylic acid groups (broad SMARTS) is 1. The minimum absolute atomic E-state index is 0.0428. The van der Waals surface area contributed by atoms with Crippen molar-refractivity contribution in [3.05, 3.63) is 101 Å². The number of fused-ring (bicyclic) bond motifs is 4. The number of imidazole rings is 1. The number of aromatic amines is 1. The number of rotatable bonds is 31. The van der Waals surface area contributed by atoms with E-state index in [4.69, 9.17) is 16.2 Å². The number of carbonyl (C=O) groups is 6. The average Bonchev–Trinajstić information content (AvgIpc) is 4.32. The van der Waals surface area contributed by atoms with Gasteiger partial charge in [-0.1, -0.05) is 61.9 Å². The second-order valence-corrected chi connectivity index (χ2v) is 21.9. The monoisotopic (exact) mass is 1090 g/mol.